The van der Waals surface area contributed by atoms with Crippen LogP contribution in [0, 0.1) is 12.3 Å². The van der Waals surface area contributed by atoms with Crippen LogP contribution in [0.3, 0.4) is 0 Å². The number of rotatable bonds is 6. The smallest absolute Gasteiger partial charge is 0.340 e. The predicted octanol–water partition coefficient (Wildman–Crippen LogP) is 5.08. The number of aromatic nitrogens is 1. The highest BCUT2D eigenvalue weighted by atomic mass is 79.9. The number of esters is 1. The van der Waals surface area contributed by atoms with Crippen LogP contribution in [0.1, 0.15) is 84.4 Å². The summed E-state index contributed by atoms with van der Waals surface area (Å²) < 4.78 is 12.5. The molecule has 7 heteroatoms. The highest BCUT2D eigenvalue weighted by molar-refractivity contribution is 9.10. The summed E-state index contributed by atoms with van der Waals surface area (Å²) in [5.74, 6) is -0.424. The number of anilines is 1. The van der Waals surface area contributed by atoms with Crippen LogP contribution < -0.4 is 4.90 Å². The molecule has 1 fully saturated rings. The number of piperidine rings is 1. The Morgan fingerprint density at radius 1 is 1.27 bits per heavy atom. The molecule has 0 saturated carbocycles. The van der Waals surface area contributed by atoms with E-state index in [4.69, 9.17) is 9.47 Å². The maximum absolute atomic E-state index is 13.1. The number of ether oxygens (including phenoxy) is 2. The minimum atomic E-state index is -0.908. The van der Waals surface area contributed by atoms with Crippen LogP contribution in [0.5, 0.6) is 0 Å². The molecule has 1 unspecified atom stereocenters. The molecule has 0 spiro atoms. The number of aryl methyl sites for hydroxylation is 1. The molecule has 1 atom stereocenters. The fraction of sp³-hybridized carbons (Fsp3) is 0.739. The van der Waals surface area contributed by atoms with Crippen LogP contribution in [0.25, 0.3) is 0 Å². The summed E-state index contributed by atoms with van der Waals surface area (Å²) >= 11 is 3.67. The highest BCUT2D eigenvalue weighted by Gasteiger charge is 2.37. The minimum absolute atomic E-state index is 0.185. The third-order valence-electron chi connectivity index (χ3n) is 5.29. The number of hydrogen-bond donors (Lipinski definition) is 1. The zero-order chi connectivity index (χ0) is 22.9. The van der Waals surface area contributed by atoms with Gasteiger partial charge >= 0.3 is 5.97 Å². The summed E-state index contributed by atoms with van der Waals surface area (Å²) in [5.41, 5.74) is 2.52. The molecule has 0 bridgehead atoms. The molecule has 0 aliphatic carbocycles. The van der Waals surface area contributed by atoms with E-state index in [9.17, 15) is 9.90 Å². The van der Waals surface area contributed by atoms with Gasteiger partial charge in [-0.05, 0) is 75.7 Å². The van der Waals surface area contributed by atoms with Gasteiger partial charge in [-0.15, -0.1) is 0 Å². The molecule has 6 nitrogen and oxygen atoms in total. The van der Waals surface area contributed by atoms with Crippen molar-refractivity contribution in [3.05, 3.63) is 21.4 Å². The van der Waals surface area contributed by atoms with Crippen LogP contribution in [0.15, 0.2) is 4.47 Å². The second kappa shape index (κ2) is 9.53. The van der Waals surface area contributed by atoms with Crippen molar-refractivity contribution in [2.75, 3.05) is 18.0 Å². The number of hydrogen-bond acceptors (Lipinski definition) is 6. The largest absolute Gasteiger partial charge is 0.461 e. The van der Waals surface area contributed by atoms with Crippen molar-refractivity contribution in [1.29, 1.82) is 0 Å². The number of carbonyl (C=O) groups is 1. The van der Waals surface area contributed by atoms with E-state index in [1.807, 2.05) is 41.5 Å². The average Bonchev–Trinajstić information content (AvgIpc) is 2.60. The maximum Gasteiger partial charge on any atom is 0.340 e. The molecule has 1 aromatic rings. The zero-order valence-corrected chi connectivity index (χ0v) is 21.2. The van der Waals surface area contributed by atoms with Crippen molar-refractivity contribution in [3.63, 3.8) is 0 Å². The number of nitrogens with zero attached hydrogens (tertiary/aromatic N) is 2. The first kappa shape index (κ1) is 25.1. The molecule has 0 aromatic carbocycles. The minimum Gasteiger partial charge on any atom is -0.461 e. The third kappa shape index (κ3) is 6.17. The van der Waals surface area contributed by atoms with Crippen molar-refractivity contribution in [1.82, 2.24) is 4.98 Å². The SMILES string of the molecule is Cc1nc(CO)c(Br)c(N2CCC(C)(C)CC2)c1C(OC(C)(C)C)C(=O)OC(C)C. The van der Waals surface area contributed by atoms with Gasteiger partial charge in [0.2, 0.25) is 0 Å². The van der Waals surface area contributed by atoms with E-state index in [0.717, 1.165) is 31.6 Å². The second-order valence-corrected chi connectivity index (χ2v) is 10.9. The van der Waals surface area contributed by atoms with Crippen LogP contribution in [0.2, 0.25) is 0 Å². The number of aliphatic hydroxyl groups is 1. The van der Waals surface area contributed by atoms with Crippen molar-refractivity contribution in [2.45, 2.75) is 92.6 Å². The second-order valence-electron chi connectivity index (χ2n) is 10.1. The van der Waals surface area contributed by atoms with Gasteiger partial charge in [-0.2, -0.15) is 0 Å². The van der Waals surface area contributed by atoms with Crippen molar-refractivity contribution in [3.8, 4) is 0 Å². The molecular weight excluding hydrogens is 448 g/mol. The Bertz CT molecular complexity index is 761. The quantitative estimate of drug-likeness (QED) is 0.567. The summed E-state index contributed by atoms with van der Waals surface area (Å²) in [5, 5.41) is 9.86. The number of pyridine rings is 1. The van der Waals surface area contributed by atoms with Gasteiger partial charge < -0.3 is 19.5 Å². The molecule has 170 valence electrons. The van der Waals surface area contributed by atoms with Crippen LogP contribution in [-0.2, 0) is 20.9 Å². The van der Waals surface area contributed by atoms with E-state index in [0.29, 0.717) is 21.4 Å². The Morgan fingerprint density at radius 2 is 1.83 bits per heavy atom. The monoisotopic (exact) mass is 484 g/mol. The normalized spacial score (nSPS) is 17.9. The van der Waals surface area contributed by atoms with E-state index >= 15 is 0 Å². The molecule has 1 aliphatic heterocycles. The van der Waals surface area contributed by atoms with Crippen LogP contribution in [0.4, 0.5) is 5.69 Å². The average molecular weight is 485 g/mol. The molecule has 2 rings (SSSR count). The van der Waals surface area contributed by atoms with Gasteiger partial charge in [0.1, 0.15) is 0 Å². The summed E-state index contributed by atoms with van der Waals surface area (Å²) in [7, 11) is 0. The van der Waals surface area contributed by atoms with Gasteiger partial charge in [0.05, 0.1) is 34.2 Å². The topological polar surface area (TPSA) is 71.9 Å². The molecule has 0 radical (unpaired) electrons. The lowest BCUT2D eigenvalue weighted by molar-refractivity contribution is -0.171. The molecule has 1 aromatic heterocycles. The Labute approximate surface area is 189 Å². The Kier molecular flexibility index (Phi) is 7.97. The summed E-state index contributed by atoms with van der Waals surface area (Å²) in [4.78, 5) is 20.0. The van der Waals surface area contributed by atoms with Gasteiger partial charge in [-0.25, -0.2) is 4.79 Å². The predicted molar refractivity (Wildman–Crippen MR) is 123 cm³/mol. The van der Waals surface area contributed by atoms with Crippen molar-refractivity contribution < 1.29 is 19.4 Å². The van der Waals surface area contributed by atoms with E-state index in [1.165, 1.54) is 0 Å². The standard InChI is InChI=1S/C23H37BrN2O4/c1-14(2)29-21(28)20(30-22(4,5)6)17-15(3)25-16(13-27)18(24)19(17)26-11-9-23(7,8)10-12-26/h14,20,27H,9-13H2,1-8H3. The summed E-state index contributed by atoms with van der Waals surface area (Å²) in [6, 6.07) is 0. The van der Waals surface area contributed by atoms with Gasteiger partial charge in [0, 0.05) is 24.3 Å². The van der Waals surface area contributed by atoms with E-state index in [1.54, 1.807) is 0 Å². The fourth-order valence-corrected chi connectivity index (χ4v) is 4.35. The lowest BCUT2D eigenvalue weighted by atomic mass is 9.82. The van der Waals surface area contributed by atoms with Gasteiger partial charge in [0.25, 0.3) is 0 Å². The Hall–Kier alpha value is -1.18. The molecule has 1 aliphatic rings. The fourth-order valence-electron chi connectivity index (χ4n) is 3.67. The summed E-state index contributed by atoms with van der Waals surface area (Å²) in [6.45, 7) is 17.4. The first-order valence-electron chi connectivity index (χ1n) is 10.7. The van der Waals surface area contributed by atoms with E-state index < -0.39 is 17.7 Å². The number of halogens is 1. The summed E-state index contributed by atoms with van der Waals surface area (Å²) in [6.07, 6.45) is 0.913. The Balaban J connectivity index is 2.64. The van der Waals surface area contributed by atoms with Crippen LogP contribution >= 0.6 is 15.9 Å². The first-order chi connectivity index (χ1) is 13.8. The maximum atomic E-state index is 13.1. The van der Waals surface area contributed by atoms with E-state index in [-0.39, 0.29) is 18.1 Å². The molecule has 1 N–H and O–H groups in total. The Morgan fingerprint density at radius 3 is 2.30 bits per heavy atom. The van der Waals surface area contributed by atoms with Gasteiger partial charge in [0.15, 0.2) is 6.10 Å². The highest BCUT2D eigenvalue weighted by Crippen LogP contribution is 2.43. The lowest BCUT2D eigenvalue weighted by Crippen LogP contribution is -2.39. The number of aliphatic hydroxyl groups excluding tert-OH is 1. The molecular formula is C23H37BrN2O4. The van der Waals surface area contributed by atoms with Gasteiger partial charge in [-0.3, -0.25) is 4.98 Å². The van der Waals surface area contributed by atoms with Crippen molar-refractivity contribution in [2.24, 2.45) is 5.41 Å². The van der Waals surface area contributed by atoms with Gasteiger partial charge in [-0.1, -0.05) is 13.8 Å². The van der Waals surface area contributed by atoms with Crippen molar-refractivity contribution >= 4 is 27.6 Å². The molecule has 0 amide bonds. The molecule has 1 saturated heterocycles. The third-order valence-corrected chi connectivity index (χ3v) is 6.12. The molecule has 30 heavy (non-hydrogen) atoms. The first-order valence-corrected chi connectivity index (χ1v) is 11.5. The van der Waals surface area contributed by atoms with Crippen LogP contribution in [-0.4, -0.2) is 40.9 Å². The zero-order valence-electron chi connectivity index (χ0n) is 19.6. The van der Waals surface area contributed by atoms with E-state index in [2.05, 4.69) is 39.7 Å². The number of carbonyl (C=O) groups excluding carboxylic acids is 1. The molecule has 2 heterocycles. The lowest BCUT2D eigenvalue weighted by Gasteiger charge is -2.40.